The van der Waals surface area contributed by atoms with Crippen LogP contribution in [0.5, 0.6) is 11.8 Å². The Balaban J connectivity index is 1.08. The number of hydrogen-bond acceptors (Lipinski definition) is 9. The largest absolute Gasteiger partial charge is 0.508 e. The van der Waals surface area contributed by atoms with Crippen LogP contribution in [0.4, 0.5) is 19.0 Å². The second-order valence-corrected chi connectivity index (χ2v) is 16.3. The van der Waals surface area contributed by atoms with Gasteiger partial charge in [-0.15, -0.1) is 6.42 Å². The number of rotatable bonds is 8. The zero-order valence-corrected chi connectivity index (χ0v) is 31.5. The van der Waals surface area contributed by atoms with E-state index in [0.717, 1.165) is 51.5 Å². The Hall–Kier alpha value is -5.42. The third kappa shape index (κ3) is 6.49. The number of halogens is 3. The topological polar surface area (TPSA) is 124 Å². The molecule has 4 saturated heterocycles. The number of phenolic OH excluding ortho intramolecular Hbond substituents is 1. The molecule has 0 spiro atoms. The van der Waals surface area contributed by atoms with Crippen molar-refractivity contribution in [3.63, 3.8) is 0 Å². The molecule has 2 aromatic carbocycles. The van der Waals surface area contributed by atoms with Gasteiger partial charge >= 0.3 is 6.01 Å². The fourth-order valence-electron chi connectivity index (χ4n) is 10.4. The van der Waals surface area contributed by atoms with Crippen LogP contribution in [-0.2, 0) is 9.59 Å². The van der Waals surface area contributed by atoms with Crippen molar-refractivity contribution in [1.82, 2.24) is 30.1 Å². The van der Waals surface area contributed by atoms with E-state index >= 15 is 8.78 Å². The number of nitrogens with one attached hydrogen (secondary N) is 1. The van der Waals surface area contributed by atoms with E-state index in [4.69, 9.17) is 16.1 Å². The number of phenols is 1. The number of nitrogens with zero attached hydrogens (tertiary/aromatic N) is 6. The standard InChI is InChI=1S/C43H44F3N7O4/c1-3-31-34(45)12-9-24-16-30(54)17-32(36(24)31)38-37(46)39-33(19-47-38)40(50-42(49-39)57-23-43-13-6-14-52(43)20-26(44)18-43)51-21-28-10-11-29(22-51)53(28)41(56)25-7-5-8-27(15-25)48-35(55)4-2/h1,4,9,12,16-17,19,25-29,54H,2,5-8,10-11,13-15,18,20-23H2,(H,48,55)/t25-,26-,27+,28?,29?,43+/m1/s1. The van der Waals surface area contributed by atoms with E-state index in [-0.39, 0.29) is 81.9 Å². The zero-order valence-electron chi connectivity index (χ0n) is 31.5. The maximum Gasteiger partial charge on any atom is 0.319 e. The number of alkyl halides is 1. The minimum Gasteiger partial charge on any atom is -0.508 e. The number of aromatic hydroxyl groups is 1. The summed E-state index contributed by atoms with van der Waals surface area (Å²) in [5, 5.41) is 14.6. The monoisotopic (exact) mass is 779 g/mol. The van der Waals surface area contributed by atoms with Crippen molar-refractivity contribution in [3.8, 4) is 35.4 Å². The number of anilines is 1. The van der Waals surface area contributed by atoms with Crippen molar-refractivity contribution in [1.29, 1.82) is 0 Å². The van der Waals surface area contributed by atoms with Gasteiger partial charge in [0, 0.05) is 67.2 Å². The Morgan fingerprint density at radius 2 is 1.91 bits per heavy atom. The van der Waals surface area contributed by atoms with Crippen LogP contribution < -0.4 is 15.0 Å². The van der Waals surface area contributed by atoms with E-state index in [1.54, 1.807) is 0 Å². The van der Waals surface area contributed by atoms with Gasteiger partial charge in [-0.2, -0.15) is 9.97 Å². The van der Waals surface area contributed by atoms with Crippen LogP contribution in [0.2, 0.25) is 0 Å². The average Bonchev–Trinajstić information content (AvgIpc) is 3.82. The molecule has 4 aromatic rings. The smallest absolute Gasteiger partial charge is 0.319 e. The highest BCUT2D eigenvalue weighted by Gasteiger charge is 2.50. The average molecular weight is 780 g/mol. The number of aromatic nitrogens is 3. The first-order valence-electron chi connectivity index (χ1n) is 19.9. The highest BCUT2D eigenvalue weighted by molar-refractivity contribution is 6.03. The van der Waals surface area contributed by atoms with Gasteiger partial charge in [0.05, 0.1) is 16.5 Å². The van der Waals surface area contributed by atoms with Crippen LogP contribution in [-0.4, -0.2) is 104 Å². The molecule has 2 aromatic heterocycles. The van der Waals surface area contributed by atoms with Crippen LogP contribution >= 0.6 is 0 Å². The molecule has 1 aliphatic carbocycles. The van der Waals surface area contributed by atoms with Crippen molar-refractivity contribution < 1.29 is 32.6 Å². The summed E-state index contributed by atoms with van der Waals surface area (Å²) >= 11 is 0. The van der Waals surface area contributed by atoms with Gasteiger partial charge in [0.1, 0.15) is 41.4 Å². The second-order valence-electron chi connectivity index (χ2n) is 16.3. The SMILES string of the molecule is C#Cc1c(F)ccc2cc(O)cc(-c3ncc4c(N5CC6CCC(C5)N6C(=O)[C@@H]5CCC[C@H](NC(=O)C=C)C5)nc(OC[C@@]56CCCN5C[C@H](F)C6)nc4c3F)c12. The Labute approximate surface area is 328 Å². The van der Waals surface area contributed by atoms with Gasteiger partial charge in [0.2, 0.25) is 11.8 Å². The van der Waals surface area contributed by atoms with Crippen LogP contribution in [0.15, 0.2) is 43.1 Å². The molecule has 57 heavy (non-hydrogen) atoms. The fourth-order valence-corrected chi connectivity index (χ4v) is 10.4. The quantitative estimate of drug-likeness (QED) is 0.169. The lowest BCUT2D eigenvalue weighted by molar-refractivity contribution is -0.140. The number of pyridine rings is 1. The summed E-state index contributed by atoms with van der Waals surface area (Å²) in [7, 11) is 0. The van der Waals surface area contributed by atoms with Gasteiger partial charge in [-0.1, -0.05) is 25.0 Å². The molecule has 5 fully saturated rings. The van der Waals surface area contributed by atoms with Crippen molar-refractivity contribution in [2.45, 2.75) is 87.6 Å². The molecule has 6 heterocycles. The first-order chi connectivity index (χ1) is 27.6. The second kappa shape index (κ2) is 14.5. The number of amides is 2. The molecule has 4 aliphatic heterocycles. The molecule has 14 heteroatoms. The molecule has 2 bridgehead atoms. The van der Waals surface area contributed by atoms with E-state index in [1.165, 1.54) is 36.5 Å². The summed E-state index contributed by atoms with van der Waals surface area (Å²) < 4.78 is 53.2. The maximum atomic E-state index is 17.2. The molecule has 296 valence electrons. The molecule has 2 amide bonds. The lowest BCUT2D eigenvalue weighted by atomic mass is 9.84. The molecular formula is C43H44F3N7O4. The highest BCUT2D eigenvalue weighted by Crippen LogP contribution is 2.43. The van der Waals surface area contributed by atoms with Crippen LogP contribution in [0.1, 0.15) is 63.4 Å². The summed E-state index contributed by atoms with van der Waals surface area (Å²) in [5.74, 6) is 0.732. The highest BCUT2D eigenvalue weighted by atomic mass is 19.1. The van der Waals surface area contributed by atoms with Crippen molar-refractivity contribution >= 4 is 39.3 Å². The number of hydrogen-bond donors (Lipinski definition) is 2. The van der Waals surface area contributed by atoms with Crippen molar-refractivity contribution in [3.05, 3.63) is 60.3 Å². The number of benzene rings is 2. The van der Waals surface area contributed by atoms with E-state index in [2.05, 4.69) is 32.7 Å². The summed E-state index contributed by atoms with van der Waals surface area (Å²) in [4.78, 5) is 46.3. The minimum atomic E-state index is -0.970. The molecule has 6 atom stereocenters. The molecular weight excluding hydrogens is 736 g/mol. The number of ether oxygens (including phenoxy) is 1. The first-order valence-corrected chi connectivity index (χ1v) is 19.9. The normalized spacial score (nSPS) is 27.1. The van der Waals surface area contributed by atoms with Gasteiger partial charge in [-0.05, 0) is 81.2 Å². The Morgan fingerprint density at radius 1 is 1.11 bits per heavy atom. The third-order valence-corrected chi connectivity index (χ3v) is 12.9. The Bertz CT molecular complexity index is 2340. The van der Waals surface area contributed by atoms with E-state index < -0.39 is 23.3 Å². The number of fused-ring (bicyclic) bond motifs is 5. The number of carbonyl (C=O) groups is 2. The Kier molecular flexibility index (Phi) is 9.46. The van der Waals surface area contributed by atoms with Gasteiger partial charge in [0.15, 0.2) is 5.82 Å². The molecule has 2 unspecified atom stereocenters. The molecule has 1 saturated carbocycles. The summed E-state index contributed by atoms with van der Waals surface area (Å²) in [6, 6.07) is 4.99. The molecule has 9 rings (SSSR count). The van der Waals surface area contributed by atoms with Crippen LogP contribution in [0.3, 0.4) is 0 Å². The van der Waals surface area contributed by atoms with Gasteiger partial charge < -0.3 is 25.0 Å². The predicted molar refractivity (Wildman–Crippen MR) is 208 cm³/mol. The van der Waals surface area contributed by atoms with E-state index in [1.807, 2.05) is 9.80 Å². The maximum absolute atomic E-state index is 17.2. The van der Waals surface area contributed by atoms with E-state index in [0.29, 0.717) is 49.1 Å². The zero-order chi connectivity index (χ0) is 39.6. The number of terminal acetylenes is 1. The predicted octanol–water partition coefficient (Wildman–Crippen LogP) is 5.81. The number of carbonyl (C=O) groups excluding carboxylic acids is 2. The van der Waals surface area contributed by atoms with Crippen LogP contribution in [0.25, 0.3) is 32.9 Å². The molecule has 2 N–H and O–H groups in total. The van der Waals surface area contributed by atoms with Crippen molar-refractivity contribution in [2.24, 2.45) is 5.92 Å². The minimum absolute atomic E-state index is 0.0751. The molecule has 5 aliphatic rings. The Morgan fingerprint density at radius 3 is 2.68 bits per heavy atom. The lowest BCUT2D eigenvalue weighted by Gasteiger charge is -2.44. The van der Waals surface area contributed by atoms with Gasteiger partial charge in [-0.3, -0.25) is 19.5 Å². The molecule has 0 radical (unpaired) electrons. The van der Waals surface area contributed by atoms with E-state index in [9.17, 15) is 19.1 Å². The summed E-state index contributed by atoms with van der Waals surface area (Å²) in [5.41, 5.74) is -0.783. The fraction of sp³-hybridized carbons (Fsp3) is 0.465. The molecule has 11 nitrogen and oxygen atoms in total. The van der Waals surface area contributed by atoms with Crippen molar-refractivity contribution in [2.75, 3.05) is 37.7 Å². The summed E-state index contributed by atoms with van der Waals surface area (Å²) in [6.45, 7) is 5.66. The lowest BCUT2D eigenvalue weighted by Crippen LogP contribution is -2.58. The van der Waals surface area contributed by atoms with Gasteiger partial charge in [0.25, 0.3) is 0 Å². The first kappa shape index (κ1) is 37.2. The van der Waals surface area contributed by atoms with Crippen LogP contribution in [0, 0.1) is 29.9 Å². The number of piperazine rings is 1. The summed E-state index contributed by atoms with van der Waals surface area (Å²) in [6.07, 6.45) is 14.1. The van der Waals surface area contributed by atoms with Gasteiger partial charge in [-0.25, -0.2) is 13.2 Å². The third-order valence-electron chi connectivity index (χ3n) is 12.9.